The molecule has 24 heavy (non-hydrogen) atoms. The largest absolute Gasteiger partial charge is 0.367 e. The maximum Gasteiger partial charge on any atom is 0.321 e. The predicted molar refractivity (Wildman–Crippen MR) is 100 cm³/mol. The van der Waals surface area contributed by atoms with Crippen LogP contribution in [0.15, 0.2) is 48.5 Å². The van der Waals surface area contributed by atoms with E-state index in [9.17, 15) is 4.79 Å². The van der Waals surface area contributed by atoms with Crippen molar-refractivity contribution < 1.29 is 4.79 Å². The maximum absolute atomic E-state index is 12.4. The first kappa shape index (κ1) is 16.9. The van der Waals surface area contributed by atoms with Gasteiger partial charge in [0, 0.05) is 31.9 Å². The topological polar surface area (TPSA) is 35.6 Å². The second-order valence-electron chi connectivity index (χ2n) is 5.69. The Bertz CT molecular complexity index is 688. The number of para-hydroxylation sites is 2. The minimum Gasteiger partial charge on any atom is -0.367 e. The number of nitrogens with zero attached hydrogens (tertiary/aromatic N) is 2. The third kappa shape index (κ3) is 3.94. The summed E-state index contributed by atoms with van der Waals surface area (Å²) in [5.74, 6) is 0. The number of anilines is 2. The zero-order chi connectivity index (χ0) is 16.9. The van der Waals surface area contributed by atoms with E-state index in [-0.39, 0.29) is 6.03 Å². The molecule has 0 radical (unpaired) electrons. The number of nitrogens with one attached hydrogen (secondary N) is 1. The van der Waals surface area contributed by atoms with Gasteiger partial charge in [0.05, 0.1) is 15.7 Å². The fraction of sp³-hybridized carbons (Fsp3) is 0.278. The smallest absolute Gasteiger partial charge is 0.321 e. The molecule has 1 heterocycles. The highest BCUT2D eigenvalue weighted by Crippen LogP contribution is 2.34. The predicted octanol–water partition coefficient (Wildman–Crippen LogP) is 4.74. The Morgan fingerprint density at radius 2 is 1.58 bits per heavy atom. The highest BCUT2D eigenvalue weighted by atomic mass is 35.5. The molecular weight excluding hydrogens is 345 g/mol. The van der Waals surface area contributed by atoms with Gasteiger partial charge >= 0.3 is 6.03 Å². The third-order valence-electron chi connectivity index (χ3n) is 4.06. The van der Waals surface area contributed by atoms with Crippen LogP contribution in [0.2, 0.25) is 10.0 Å². The Labute approximate surface area is 152 Å². The quantitative estimate of drug-likeness (QED) is 0.836. The van der Waals surface area contributed by atoms with Gasteiger partial charge in [-0.2, -0.15) is 0 Å². The lowest BCUT2D eigenvalue weighted by molar-refractivity contribution is 0.215. The summed E-state index contributed by atoms with van der Waals surface area (Å²) in [7, 11) is 0. The van der Waals surface area contributed by atoms with Crippen LogP contribution in [0.4, 0.5) is 16.2 Å². The summed E-state index contributed by atoms with van der Waals surface area (Å²) >= 11 is 12.6. The molecule has 2 aromatic rings. The first-order valence-corrected chi connectivity index (χ1v) is 8.70. The van der Waals surface area contributed by atoms with Crippen molar-refractivity contribution in [2.45, 2.75) is 6.42 Å². The Morgan fingerprint density at radius 3 is 2.29 bits per heavy atom. The number of halogens is 2. The number of hydrogen-bond acceptors (Lipinski definition) is 2. The first-order chi connectivity index (χ1) is 11.6. The molecule has 4 nitrogen and oxygen atoms in total. The molecule has 126 valence electrons. The van der Waals surface area contributed by atoms with Gasteiger partial charge in [-0.15, -0.1) is 0 Å². The minimum atomic E-state index is -0.0756. The third-order valence-corrected chi connectivity index (χ3v) is 4.67. The Morgan fingerprint density at radius 1 is 0.875 bits per heavy atom. The Balaban J connectivity index is 1.66. The molecule has 1 N–H and O–H groups in total. The number of benzene rings is 2. The lowest BCUT2D eigenvalue weighted by Gasteiger charge is -2.25. The molecule has 3 rings (SSSR count). The summed E-state index contributed by atoms with van der Waals surface area (Å²) < 4.78 is 0. The summed E-state index contributed by atoms with van der Waals surface area (Å²) in [6.45, 7) is 2.85. The molecule has 0 bridgehead atoms. The van der Waals surface area contributed by atoms with E-state index >= 15 is 0 Å². The highest BCUT2D eigenvalue weighted by molar-refractivity contribution is 6.39. The molecule has 0 aromatic heterocycles. The van der Waals surface area contributed by atoms with E-state index < -0.39 is 0 Å². The number of amides is 2. The number of hydrogen-bond donors (Lipinski definition) is 1. The molecule has 1 saturated heterocycles. The van der Waals surface area contributed by atoms with Gasteiger partial charge in [0.2, 0.25) is 0 Å². The van der Waals surface area contributed by atoms with Crippen molar-refractivity contribution in [2.75, 3.05) is 36.4 Å². The van der Waals surface area contributed by atoms with Crippen LogP contribution in [-0.4, -0.2) is 37.1 Å². The van der Waals surface area contributed by atoms with E-state index in [1.165, 1.54) is 0 Å². The number of carbonyl (C=O) groups is 1. The van der Waals surface area contributed by atoms with E-state index in [4.69, 9.17) is 23.2 Å². The number of urea groups is 1. The highest BCUT2D eigenvalue weighted by Gasteiger charge is 2.21. The molecule has 2 amide bonds. The van der Waals surface area contributed by atoms with E-state index in [0.29, 0.717) is 29.7 Å². The normalized spacial score (nSPS) is 15.1. The molecule has 0 spiro atoms. The fourth-order valence-corrected chi connectivity index (χ4v) is 3.50. The minimum absolute atomic E-state index is 0.0756. The molecule has 0 saturated carbocycles. The summed E-state index contributed by atoms with van der Waals surface area (Å²) in [5, 5.41) is 4.22. The average Bonchev–Trinajstić information content (AvgIpc) is 2.82. The molecule has 1 aliphatic rings. The molecule has 0 unspecified atom stereocenters. The lowest BCUT2D eigenvalue weighted by Crippen LogP contribution is -2.38. The second-order valence-corrected chi connectivity index (χ2v) is 6.51. The molecule has 1 fully saturated rings. The molecule has 6 heteroatoms. The van der Waals surface area contributed by atoms with Crippen LogP contribution in [0.3, 0.4) is 0 Å². The summed E-state index contributed by atoms with van der Waals surface area (Å²) in [5.41, 5.74) is 1.66. The van der Waals surface area contributed by atoms with Crippen LogP contribution in [0.1, 0.15) is 6.42 Å². The van der Waals surface area contributed by atoms with E-state index in [1.54, 1.807) is 0 Å². The monoisotopic (exact) mass is 363 g/mol. The zero-order valence-corrected chi connectivity index (χ0v) is 14.7. The standard InChI is InChI=1S/C18H19Cl2N3O/c19-15-8-4-9-16(20)17(15)22-10-5-11-23(13-12-22)18(24)21-14-6-2-1-3-7-14/h1-4,6-9H,5,10-13H2,(H,21,24). The molecular formula is C18H19Cl2N3O. The summed E-state index contributed by atoms with van der Waals surface area (Å²) in [6.07, 6.45) is 0.865. The summed E-state index contributed by atoms with van der Waals surface area (Å²) in [6, 6.07) is 14.9. The van der Waals surface area contributed by atoms with Gasteiger partial charge < -0.3 is 15.1 Å². The van der Waals surface area contributed by atoms with Gasteiger partial charge in [-0.05, 0) is 30.7 Å². The Kier molecular flexibility index (Phi) is 5.48. The van der Waals surface area contributed by atoms with Gasteiger partial charge in [-0.1, -0.05) is 47.5 Å². The van der Waals surface area contributed by atoms with Gasteiger partial charge in [0.1, 0.15) is 0 Å². The van der Waals surface area contributed by atoms with Crippen LogP contribution in [0.5, 0.6) is 0 Å². The molecule has 1 aliphatic heterocycles. The van der Waals surface area contributed by atoms with Crippen molar-refractivity contribution in [1.29, 1.82) is 0 Å². The zero-order valence-electron chi connectivity index (χ0n) is 13.2. The lowest BCUT2D eigenvalue weighted by atomic mass is 10.2. The van der Waals surface area contributed by atoms with Crippen molar-refractivity contribution >= 4 is 40.6 Å². The van der Waals surface area contributed by atoms with Crippen LogP contribution in [-0.2, 0) is 0 Å². The van der Waals surface area contributed by atoms with Gasteiger partial charge in [-0.25, -0.2) is 4.79 Å². The van der Waals surface area contributed by atoms with Crippen molar-refractivity contribution in [3.8, 4) is 0 Å². The molecule has 2 aromatic carbocycles. The van der Waals surface area contributed by atoms with Crippen molar-refractivity contribution in [3.63, 3.8) is 0 Å². The van der Waals surface area contributed by atoms with Crippen molar-refractivity contribution in [2.24, 2.45) is 0 Å². The number of carbonyl (C=O) groups excluding carboxylic acids is 1. The van der Waals surface area contributed by atoms with Crippen LogP contribution >= 0.6 is 23.2 Å². The van der Waals surface area contributed by atoms with Gasteiger partial charge in [0.15, 0.2) is 0 Å². The van der Waals surface area contributed by atoms with Crippen LogP contribution < -0.4 is 10.2 Å². The molecule has 0 aliphatic carbocycles. The first-order valence-electron chi connectivity index (χ1n) is 7.95. The number of rotatable bonds is 2. The van der Waals surface area contributed by atoms with Gasteiger partial charge in [0.25, 0.3) is 0 Å². The van der Waals surface area contributed by atoms with Crippen molar-refractivity contribution in [3.05, 3.63) is 58.6 Å². The SMILES string of the molecule is O=C(Nc1ccccc1)N1CCCN(c2c(Cl)cccc2Cl)CC1. The Hall–Kier alpha value is -1.91. The summed E-state index contributed by atoms with van der Waals surface area (Å²) in [4.78, 5) is 16.4. The second kappa shape index (κ2) is 7.77. The maximum atomic E-state index is 12.4. The van der Waals surface area contributed by atoms with Crippen LogP contribution in [0, 0.1) is 0 Å². The van der Waals surface area contributed by atoms with Crippen LogP contribution in [0.25, 0.3) is 0 Å². The van der Waals surface area contributed by atoms with Gasteiger partial charge in [-0.3, -0.25) is 0 Å². The van der Waals surface area contributed by atoms with Crippen molar-refractivity contribution in [1.82, 2.24) is 4.90 Å². The average molecular weight is 364 g/mol. The molecule has 0 atom stereocenters. The van der Waals surface area contributed by atoms with E-state index in [1.807, 2.05) is 53.4 Å². The van der Waals surface area contributed by atoms with E-state index in [0.717, 1.165) is 24.3 Å². The fourth-order valence-electron chi connectivity index (χ4n) is 2.86. The van der Waals surface area contributed by atoms with E-state index in [2.05, 4.69) is 10.2 Å².